The Hall–Kier alpha value is -2.70. The zero-order valence-corrected chi connectivity index (χ0v) is 13.3. The van der Waals surface area contributed by atoms with Crippen molar-refractivity contribution >= 4 is 11.8 Å². The summed E-state index contributed by atoms with van der Waals surface area (Å²) in [5.74, 6) is -0.314. The summed E-state index contributed by atoms with van der Waals surface area (Å²) in [7, 11) is 0. The maximum Gasteiger partial charge on any atom is 0.276 e. The quantitative estimate of drug-likeness (QED) is 0.898. The van der Waals surface area contributed by atoms with E-state index in [-0.39, 0.29) is 36.1 Å². The molecule has 0 bridgehead atoms. The fourth-order valence-electron chi connectivity index (χ4n) is 3.59. The number of piperazine rings is 1. The summed E-state index contributed by atoms with van der Waals surface area (Å²) >= 11 is 0. The van der Waals surface area contributed by atoms with E-state index in [1.165, 1.54) is 11.0 Å². The highest BCUT2D eigenvalue weighted by Crippen LogP contribution is 2.26. The van der Waals surface area contributed by atoms with Gasteiger partial charge in [0.2, 0.25) is 5.91 Å². The van der Waals surface area contributed by atoms with Crippen LogP contribution < -0.4 is 5.32 Å². The van der Waals surface area contributed by atoms with E-state index in [2.05, 4.69) is 15.5 Å². The molecule has 1 saturated heterocycles. The highest BCUT2D eigenvalue weighted by Gasteiger charge is 2.39. The number of fused-ring (bicyclic) bond motifs is 1. The number of nitrogens with one attached hydrogen (secondary N) is 1. The molecule has 124 valence electrons. The molecule has 0 radical (unpaired) electrons. The van der Waals surface area contributed by atoms with Crippen LogP contribution in [-0.4, -0.2) is 50.3 Å². The van der Waals surface area contributed by atoms with Crippen molar-refractivity contribution in [2.24, 2.45) is 0 Å². The first-order chi connectivity index (χ1) is 11.7. The van der Waals surface area contributed by atoms with E-state index in [0.717, 1.165) is 31.4 Å². The molecule has 1 aliphatic heterocycles. The van der Waals surface area contributed by atoms with E-state index in [0.29, 0.717) is 0 Å². The average Bonchev–Trinajstić information content (AvgIpc) is 3.11. The molecule has 1 saturated carbocycles. The second kappa shape index (κ2) is 6.07. The SMILES string of the molecule is O=C1CN(C(=O)c2cnn(-c3ccccc3)n2)[C@H]2CCCC[C@H]2N1. The zero-order valence-electron chi connectivity index (χ0n) is 13.3. The van der Waals surface area contributed by atoms with Gasteiger partial charge in [0.05, 0.1) is 17.9 Å². The van der Waals surface area contributed by atoms with Gasteiger partial charge in [0, 0.05) is 6.04 Å². The lowest BCUT2D eigenvalue weighted by Crippen LogP contribution is -2.62. The summed E-state index contributed by atoms with van der Waals surface area (Å²) in [6.07, 6.45) is 5.49. The summed E-state index contributed by atoms with van der Waals surface area (Å²) in [5.41, 5.74) is 1.07. The monoisotopic (exact) mass is 325 g/mol. The molecule has 1 N–H and O–H groups in total. The first-order valence-corrected chi connectivity index (χ1v) is 8.30. The first kappa shape index (κ1) is 14.9. The third-order valence-electron chi connectivity index (χ3n) is 4.75. The lowest BCUT2D eigenvalue weighted by molar-refractivity contribution is -0.127. The van der Waals surface area contributed by atoms with E-state index >= 15 is 0 Å². The van der Waals surface area contributed by atoms with E-state index in [9.17, 15) is 9.59 Å². The van der Waals surface area contributed by atoms with E-state index < -0.39 is 0 Å². The molecule has 0 unspecified atom stereocenters. The van der Waals surface area contributed by atoms with Crippen LogP contribution >= 0.6 is 0 Å². The smallest absolute Gasteiger partial charge is 0.276 e. The molecule has 2 amide bonds. The largest absolute Gasteiger partial charge is 0.350 e. The molecule has 1 aromatic carbocycles. The molecule has 0 spiro atoms. The maximum atomic E-state index is 12.9. The van der Waals surface area contributed by atoms with Gasteiger partial charge in [-0.1, -0.05) is 31.0 Å². The molecule has 7 heteroatoms. The number of para-hydroxylation sites is 1. The summed E-state index contributed by atoms with van der Waals surface area (Å²) in [5, 5.41) is 11.5. The predicted octanol–water partition coefficient (Wildman–Crippen LogP) is 1.15. The van der Waals surface area contributed by atoms with E-state index in [1.54, 1.807) is 4.90 Å². The molecule has 1 aromatic heterocycles. The molecule has 2 atom stereocenters. The third-order valence-corrected chi connectivity index (χ3v) is 4.75. The van der Waals surface area contributed by atoms with Gasteiger partial charge in [0.1, 0.15) is 6.54 Å². The number of aromatic nitrogens is 3. The van der Waals surface area contributed by atoms with Crippen LogP contribution in [0, 0.1) is 0 Å². The normalized spacial score (nSPS) is 23.5. The number of rotatable bonds is 2. The Bertz CT molecular complexity index is 757. The number of benzene rings is 1. The Labute approximate surface area is 139 Å². The van der Waals surface area contributed by atoms with Crippen molar-refractivity contribution in [3.8, 4) is 5.69 Å². The number of carbonyl (C=O) groups excluding carboxylic acids is 2. The lowest BCUT2D eigenvalue weighted by atomic mass is 9.87. The summed E-state index contributed by atoms with van der Waals surface area (Å²) in [4.78, 5) is 27.9. The Morgan fingerprint density at radius 3 is 2.79 bits per heavy atom. The zero-order chi connectivity index (χ0) is 16.5. The van der Waals surface area contributed by atoms with Crippen molar-refractivity contribution in [2.45, 2.75) is 37.8 Å². The Morgan fingerprint density at radius 1 is 1.17 bits per heavy atom. The Kier molecular flexibility index (Phi) is 3.76. The number of hydrogen-bond donors (Lipinski definition) is 1. The van der Waals surface area contributed by atoms with Crippen molar-refractivity contribution in [1.82, 2.24) is 25.2 Å². The summed E-state index contributed by atoms with van der Waals surface area (Å²) < 4.78 is 0. The van der Waals surface area contributed by atoms with Crippen LogP contribution in [0.15, 0.2) is 36.5 Å². The van der Waals surface area contributed by atoms with Gasteiger partial charge in [-0.2, -0.15) is 9.90 Å². The van der Waals surface area contributed by atoms with Crippen molar-refractivity contribution in [2.75, 3.05) is 6.54 Å². The van der Waals surface area contributed by atoms with Crippen LogP contribution in [0.5, 0.6) is 0 Å². The predicted molar refractivity (Wildman–Crippen MR) is 86.6 cm³/mol. The van der Waals surface area contributed by atoms with Gasteiger partial charge >= 0.3 is 0 Å². The minimum absolute atomic E-state index is 0.0609. The van der Waals surface area contributed by atoms with Gasteiger partial charge in [0.15, 0.2) is 5.69 Å². The van der Waals surface area contributed by atoms with Gasteiger partial charge in [-0.05, 0) is 25.0 Å². The third kappa shape index (κ3) is 2.66. The average molecular weight is 325 g/mol. The minimum Gasteiger partial charge on any atom is -0.350 e. The summed E-state index contributed by atoms with van der Waals surface area (Å²) in [6.45, 7) is 0.0954. The standard InChI is InChI=1S/C17H19N5O2/c23-16-11-21(15-9-5-4-8-13(15)19-16)17(24)14-10-18-22(20-14)12-6-2-1-3-7-12/h1-3,6-7,10,13,15H,4-5,8-9,11H2,(H,19,23)/t13-,15+/m1/s1. The fourth-order valence-corrected chi connectivity index (χ4v) is 3.59. The number of hydrogen-bond acceptors (Lipinski definition) is 4. The molecule has 2 aliphatic rings. The molecule has 2 aromatic rings. The fraction of sp³-hybridized carbons (Fsp3) is 0.412. The highest BCUT2D eigenvalue weighted by molar-refractivity contribution is 5.95. The van der Waals surface area contributed by atoms with Crippen molar-refractivity contribution in [3.05, 3.63) is 42.2 Å². The van der Waals surface area contributed by atoms with Gasteiger partial charge in [-0.15, -0.1) is 5.10 Å². The van der Waals surface area contributed by atoms with Crippen molar-refractivity contribution in [3.63, 3.8) is 0 Å². The van der Waals surface area contributed by atoms with Gasteiger partial charge in [-0.25, -0.2) is 0 Å². The minimum atomic E-state index is -0.219. The second-order valence-corrected chi connectivity index (χ2v) is 6.31. The van der Waals surface area contributed by atoms with Gasteiger partial charge in [-0.3, -0.25) is 9.59 Å². The topological polar surface area (TPSA) is 80.1 Å². The van der Waals surface area contributed by atoms with Crippen LogP contribution in [0.3, 0.4) is 0 Å². The van der Waals surface area contributed by atoms with E-state index in [4.69, 9.17) is 0 Å². The Balaban J connectivity index is 1.58. The van der Waals surface area contributed by atoms with Crippen LogP contribution in [0.2, 0.25) is 0 Å². The molecule has 7 nitrogen and oxygen atoms in total. The van der Waals surface area contributed by atoms with E-state index in [1.807, 2.05) is 30.3 Å². The highest BCUT2D eigenvalue weighted by atomic mass is 16.2. The molecular weight excluding hydrogens is 306 g/mol. The Morgan fingerprint density at radius 2 is 1.96 bits per heavy atom. The maximum absolute atomic E-state index is 12.9. The van der Waals surface area contributed by atoms with Crippen molar-refractivity contribution < 1.29 is 9.59 Å². The van der Waals surface area contributed by atoms with Crippen LogP contribution in [0.1, 0.15) is 36.2 Å². The van der Waals surface area contributed by atoms with Crippen LogP contribution in [0.4, 0.5) is 0 Å². The number of nitrogens with zero attached hydrogens (tertiary/aromatic N) is 4. The van der Waals surface area contributed by atoms with Gasteiger partial charge in [0.25, 0.3) is 5.91 Å². The molecule has 24 heavy (non-hydrogen) atoms. The molecular formula is C17H19N5O2. The second-order valence-electron chi connectivity index (χ2n) is 6.31. The lowest BCUT2D eigenvalue weighted by Gasteiger charge is -2.43. The molecule has 4 rings (SSSR count). The molecule has 1 aliphatic carbocycles. The van der Waals surface area contributed by atoms with Gasteiger partial charge < -0.3 is 10.2 Å². The van der Waals surface area contributed by atoms with Crippen LogP contribution in [-0.2, 0) is 4.79 Å². The van der Waals surface area contributed by atoms with Crippen LogP contribution in [0.25, 0.3) is 5.69 Å². The molecule has 2 heterocycles. The first-order valence-electron chi connectivity index (χ1n) is 8.30. The summed E-state index contributed by atoms with van der Waals surface area (Å²) in [6, 6.07) is 9.57. The number of amides is 2. The number of carbonyl (C=O) groups is 2. The van der Waals surface area contributed by atoms with Crippen molar-refractivity contribution in [1.29, 1.82) is 0 Å². The molecule has 2 fully saturated rings.